The molecule has 3 heterocycles. The summed E-state index contributed by atoms with van der Waals surface area (Å²) >= 11 is 7.58. The van der Waals surface area contributed by atoms with Gasteiger partial charge in [0, 0.05) is 54.1 Å². The van der Waals surface area contributed by atoms with E-state index in [4.69, 9.17) is 25.7 Å². The van der Waals surface area contributed by atoms with Crippen LogP contribution in [0.25, 0.3) is 21.5 Å². The molecule has 0 unspecified atom stereocenters. The standard InChI is InChI=1S/C25H22ClN3O4S/c1-32-21-4-2-3-17-13-20(25(31)33-22(17)21)24(30)29-11-9-28(10-12-29)14-19-15-34-23(27-19)16-5-7-18(26)8-6-16/h2-8,13,15H,9-12,14H2,1H3. The van der Waals surface area contributed by atoms with Gasteiger partial charge in [-0.05, 0) is 24.3 Å². The van der Waals surface area contributed by atoms with Gasteiger partial charge in [0.25, 0.3) is 5.91 Å². The number of nitrogens with zero attached hydrogens (tertiary/aromatic N) is 3. The average molecular weight is 496 g/mol. The lowest BCUT2D eigenvalue weighted by Gasteiger charge is -2.34. The number of piperazine rings is 1. The Bertz CT molecular complexity index is 1390. The predicted molar refractivity (Wildman–Crippen MR) is 133 cm³/mol. The summed E-state index contributed by atoms with van der Waals surface area (Å²) in [4.78, 5) is 34.3. The maximum atomic E-state index is 13.1. The third kappa shape index (κ3) is 4.57. The van der Waals surface area contributed by atoms with Crippen LogP contribution >= 0.6 is 22.9 Å². The zero-order valence-electron chi connectivity index (χ0n) is 18.5. The van der Waals surface area contributed by atoms with E-state index in [9.17, 15) is 9.59 Å². The Hall–Kier alpha value is -3.20. The first-order chi connectivity index (χ1) is 16.5. The summed E-state index contributed by atoms with van der Waals surface area (Å²) < 4.78 is 10.7. The molecule has 34 heavy (non-hydrogen) atoms. The molecule has 0 bridgehead atoms. The molecule has 0 atom stereocenters. The molecule has 7 nitrogen and oxygen atoms in total. The van der Waals surface area contributed by atoms with Crippen LogP contribution in [0.2, 0.25) is 5.02 Å². The van der Waals surface area contributed by atoms with Crippen molar-refractivity contribution in [2.24, 2.45) is 0 Å². The number of methoxy groups -OCH3 is 1. The molecule has 0 N–H and O–H groups in total. The van der Waals surface area contributed by atoms with E-state index in [0.717, 1.165) is 16.3 Å². The fourth-order valence-corrected chi connectivity index (χ4v) is 4.98. The van der Waals surface area contributed by atoms with Crippen molar-refractivity contribution < 1.29 is 13.9 Å². The van der Waals surface area contributed by atoms with Gasteiger partial charge < -0.3 is 14.1 Å². The zero-order chi connectivity index (χ0) is 23.7. The molecule has 0 spiro atoms. The van der Waals surface area contributed by atoms with Gasteiger partial charge in [0.05, 0.1) is 12.8 Å². The average Bonchev–Trinajstić information content (AvgIpc) is 3.32. The molecule has 5 rings (SSSR count). The van der Waals surface area contributed by atoms with Gasteiger partial charge in [-0.15, -0.1) is 11.3 Å². The van der Waals surface area contributed by atoms with Gasteiger partial charge in [-0.1, -0.05) is 35.9 Å². The first-order valence-electron chi connectivity index (χ1n) is 10.8. The van der Waals surface area contributed by atoms with Crippen molar-refractivity contribution >= 4 is 39.8 Å². The van der Waals surface area contributed by atoms with Crippen LogP contribution < -0.4 is 10.4 Å². The van der Waals surface area contributed by atoms with Gasteiger partial charge in [-0.3, -0.25) is 9.69 Å². The molecule has 0 aliphatic carbocycles. The molecule has 0 saturated carbocycles. The van der Waals surface area contributed by atoms with E-state index in [1.165, 1.54) is 7.11 Å². The van der Waals surface area contributed by atoms with Crippen molar-refractivity contribution in [1.82, 2.24) is 14.8 Å². The van der Waals surface area contributed by atoms with Crippen molar-refractivity contribution in [3.05, 3.63) is 80.6 Å². The first kappa shape index (κ1) is 22.6. The highest BCUT2D eigenvalue weighted by atomic mass is 35.5. The highest BCUT2D eigenvalue weighted by Gasteiger charge is 2.25. The Morgan fingerprint density at radius 2 is 1.91 bits per heavy atom. The van der Waals surface area contributed by atoms with Crippen LogP contribution in [-0.4, -0.2) is 54.0 Å². The summed E-state index contributed by atoms with van der Waals surface area (Å²) in [7, 11) is 1.51. The van der Waals surface area contributed by atoms with Crippen LogP contribution in [0.3, 0.4) is 0 Å². The molecule has 0 radical (unpaired) electrons. The maximum Gasteiger partial charge on any atom is 0.349 e. The number of para-hydroxylation sites is 1. The number of carbonyl (C=O) groups is 1. The van der Waals surface area contributed by atoms with Crippen LogP contribution in [-0.2, 0) is 6.54 Å². The van der Waals surface area contributed by atoms with Crippen molar-refractivity contribution in [2.75, 3.05) is 33.3 Å². The number of aromatic nitrogens is 1. The van der Waals surface area contributed by atoms with Gasteiger partial charge in [-0.2, -0.15) is 0 Å². The van der Waals surface area contributed by atoms with Crippen molar-refractivity contribution in [2.45, 2.75) is 6.54 Å². The lowest BCUT2D eigenvalue weighted by Crippen LogP contribution is -2.49. The Labute approximate surface area is 205 Å². The van der Waals surface area contributed by atoms with Crippen LogP contribution in [0.1, 0.15) is 16.1 Å². The SMILES string of the molecule is COc1cccc2cc(C(=O)N3CCN(Cc4csc(-c5ccc(Cl)cc5)n4)CC3)c(=O)oc12. The maximum absolute atomic E-state index is 13.1. The van der Waals surface area contributed by atoms with E-state index in [1.807, 2.05) is 24.3 Å². The summed E-state index contributed by atoms with van der Waals surface area (Å²) in [6.07, 6.45) is 0. The number of thiazole rings is 1. The molecule has 174 valence electrons. The summed E-state index contributed by atoms with van der Waals surface area (Å²) in [5.41, 5.74) is 1.78. The van der Waals surface area contributed by atoms with E-state index in [-0.39, 0.29) is 11.5 Å². The lowest BCUT2D eigenvalue weighted by molar-refractivity contribution is 0.0623. The van der Waals surface area contributed by atoms with Crippen molar-refractivity contribution in [3.8, 4) is 16.3 Å². The molecular weight excluding hydrogens is 474 g/mol. The molecule has 4 aromatic rings. The summed E-state index contributed by atoms with van der Waals surface area (Å²) in [6.45, 7) is 3.17. The minimum Gasteiger partial charge on any atom is -0.493 e. The van der Waals surface area contributed by atoms with Gasteiger partial charge in [-0.25, -0.2) is 9.78 Å². The quantitative estimate of drug-likeness (QED) is 0.378. The predicted octanol–water partition coefficient (Wildman–Crippen LogP) is 4.54. The van der Waals surface area contributed by atoms with E-state index in [1.54, 1.807) is 40.5 Å². The molecule has 1 saturated heterocycles. The molecular formula is C25H22ClN3O4S. The van der Waals surface area contributed by atoms with E-state index < -0.39 is 5.63 Å². The molecule has 9 heteroatoms. The first-order valence-corrected chi connectivity index (χ1v) is 12.1. The number of halogens is 1. The lowest BCUT2D eigenvalue weighted by atomic mass is 10.1. The Morgan fingerprint density at radius 3 is 2.65 bits per heavy atom. The van der Waals surface area contributed by atoms with Crippen LogP contribution in [0.4, 0.5) is 0 Å². The fourth-order valence-electron chi connectivity index (χ4n) is 4.04. The normalized spacial score (nSPS) is 14.5. The zero-order valence-corrected chi connectivity index (χ0v) is 20.1. The number of carbonyl (C=O) groups excluding carboxylic acids is 1. The summed E-state index contributed by atoms with van der Waals surface area (Å²) in [5, 5.41) is 4.38. The number of hydrogen-bond donors (Lipinski definition) is 0. The van der Waals surface area contributed by atoms with E-state index in [0.29, 0.717) is 54.5 Å². The smallest absolute Gasteiger partial charge is 0.349 e. The van der Waals surface area contributed by atoms with Gasteiger partial charge in [0.2, 0.25) is 0 Å². The molecule has 1 fully saturated rings. The van der Waals surface area contributed by atoms with Crippen LogP contribution in [0.5, 0.6) is 5.75 Å². The third-order valence-corrected chi connectivity index (χ3v) is 7.05. The highest BCUT2D eigenvalue weighted by Crippen LogP contribution is 2.27. The minimum absolute atomic E-state index is 0.0429. The fraction of sp³-hybridized carbons (Fsp3) is 0.240. The van der Waals surface area contributed by atoms with E-state index in [2.05, 4.69) is 10.3 Å². The highest BCUT2D eigenvalue weighted by molar-refractivity contribution is 7.13. The number of rotatable bonds is 5. The number of benzene rings is 2. The Kier molecular flexibility index (Phi) is 6.36. The van der Waals surface area contributed by atoms with Crippen LogP contribution in [0, 0.1) is 0 Å². The molecule has 2 aromatic carbocycles. The molecule has 2 aromatic heterocycles. The van der Waals surface area contributed by atoms with Gasteiger partial charge in [0.1, 0.15) is 10.6 Å². The molecule has 1 aliphatic heterocycles. The number of hydrogen-bond acceptors (Lipinski definition) is 7. The summed E-state index contributed by atoms with van der Waals surface area (Å²) in [6, 6.07) is 14.6. The topological polar surface area (TPSA) is 75.9 Å². The third-order valence-electron chi connectivity index (χ3n) is 5.86. The molecule has 1 aliphatic rings. The van der Waals surface area contributed by atoms with E-state index >= 15 is 0 Å². The minimum atomic E-state index is -0.651. The van der Waals surface area contributed by atoms with Crippen molar-refractivity contribution in [3.63, 3.8) is 0 Å². The second-order valence-corrected chi connectivity index (χ2v) is 9.34. The van der Waals surface area contributed by atoms with Gasteiger partial charge in [0.15, 0.2) is 11.3 Å². The van der Waals surface area contributed by atoms with Crippen LogP contribution in [0.15, 0.2) is 63.1 Å². The Morgan fingerprint density at radius 1 is 1.15 bits per heavy atom. The number of fused-ring (bicyclic) bond motifs is 1. The second kappa shape index (κ2) is 9.58. The summed E-state index contributed by atoms with van der Waals surface area (Å²) in [5.74, 6) is 0.153. The van der Waals surface area contributed by atoms with Gasteiger partial charge >= 0.3 is 5.63 Å². The Balaban J connectivity index is 1.23. The largest absolute Gasteiger partial charge is 0.493 e. The molecule has 1 amide bonds. The monoisotopic (exact) mass is 495 g/mol. The number of ether oxygens (including phenoxy) is 1. The second-order valence-electron chi connectivity index (χ2n) is 8.05. The number of amides is 1. The van der Waals surface area contributed by atoms with Crippen molar-refractivity contribution in [1.29, 1.82) is 0 Å².